The third kappa shape index (κ3) is 5.35. The Morgan fingerprint density at radius 2 is 1.77 bits per heavy atom. The number of rotatable bonds is 8. The molecule has 1 aliphatic rings. The van der Waals surface area contributed by atoms with Gasteiger partial charge in [0.05, 0.1) is 0 Å². The molecule has 0 aromatic rings. The van der Waals surface area contributed by atoms with E-state index in [0.717, 1.165) is 0 Å². The van der Waals surface area contributed by atoms with Crippen LogP contribution in [0, 0.1) is 0 Å². The second kappa shape index (κ2) is 8.31. The second-order valence-corrected chi connectivity index (χ2v) is 10.8. The van der Waals surface area contributed by atoms with Gasteiger partial charge in [0, 0.05) is 0 Å². The molecule has 1 rings (SSSR count). The zero-order chi connectivity index (χ0) is 17.1. The third-order valence-electron chi connectivity index (χ3n) is 3.31. The molecule has 7 N–H and O–H groups in total. The van der Waals surface area contributed by atoms with Crippen molar-refractivity contribution in [2.24, 2.45) is 0 Å². The monoisotopic (exact) mass is 413 g/mol. The standard InChI is InChI=1S/C10H21O10SSe/c11-1-5(13)10-9(16)7(15)4-22(10)3-6(14)8(2-12)20-21(17,18)19/h5-16H,1-4H2,(H,17,18,19)/t5-,6-,7+,8-,9+,10-/m1/s1. The summed E-state index contributed by atoms with van der Waals surface area (Å²) < 4.78 is 34.0. The van der Waals surface area contributed by atoms with Crippen LogP contribution in [-0.4, -0.2) is 101 Å². The van der Waals surface area contributed by atoms with Gasteiger partial charge in [-0.3, -0.25) is 0 Å². The Bertz CT molecular complexity index is 445. The van der Waals surface area contributed by atoms with Crippen LogP contribution in [-0.2, 0) is 14.6 Å². The maximum atomic E-state index is 10.6. The quantitative estimate of drug-likeness (QED) is 0.156. The Morgan fingerprint density at radius 3 is 2.23 bits per heavy atom. The summed E-state index contributed by atoms with van der Waals surface area (Å²) in [6, 6.07) is 0. The van der Waals surface area contributed by atoms with E-state index in [4.69, 9.17) is 14.8 Å². The summed E-state index contributed by atoms with van der Waals surface area (Å²) >= 11 is -2.05. The number of aliphatic hydroxyl groups is 6. The first-order valence-electron chi connectivity index (χ1n) is 6.36. The predicted molar refractivity (Wildman–Crippen MR) is 73.7 cm³/mol. The molecule has 1 radical (unpaired) electrons. The molecule has 1 saturated heterocycles. The topological polar surface area (TPSA) is 185 Å². The molecule has 0 amide bonds. The van der Waals surface area contributed by atoms with Crippen molar-refractivity contribution in [1.29, 1.82) is 0 Å². The van der Waals surface area contributed by atoms with Crippen molar-refractivity contribution < 1.29 is 47.8 Å². The molecule has 6 atom stereocenters. The molecule has 0 aromatic carbocycles. The Balaban J connectivity index is 2.77. The van der Waals surface area contributed by atoms with E-state index < -0.39 is 72.8 Å². The fraction of sp³-hybridized carbons (Fsp3) is 1.00. The van der Waals surface area contributed by atoms with E-state index in [1.165, 1.54) is 0 Å². The first-order chi connectivity index (χ1) is 10.1. The van der Waals surface area contributed by atoms with Crippen molar-refractivity contribution in [1.82, 2.24) is 0 Å². The summed E-state index contributed by atoms with van der Waals surface area (Å²) in [5, 5.41) is 57.2. The van der Waals surface area contributed by atoms with Gasteiger partial charge in [-0.05, 0) is 0 Å². The molecular formula is C10H21O10SSe. The van der Waals surface area contributed by atoms with Gasteiger partial charge in [0.25, 0.3) is 0 Å². The third-order valence-corrected chi connectivity index (χ3v) is 9.89. The molecule has 1 heterocycles. The van der Waals surface area contributed by atoms with Crippen molar-refractivity contribution >= 4 is 24.3 Å². The molecule has 0 spiro atoms. The van der Waals surface area contributed by atoms with Crippen LogP contribution < -0.4 is 0 Å². The summed E-state index contributed by atoms with van der Waals surface area (Å²) in [7, 11) is -4.86. The minimum atomic E-state index is -4.86. The molecule has 12 heteroatoms. The second-order valence-electron chi connectivity index (χ2n) is 4.96. The molecule has 0 saturated carbocycles. The van der Waals surface area contributed by atoms with Gasteiger partial charge in [0.1, 0.15) is 0 Å². The van der Waals surface area contributed by atoms with Crippen LogP contribution in [0.15, 0.2) is 0 Å². The van der Waals surface area contributed by atoms with E-state index in [1.807, 2.05) is 0 Å². The fourth-order valence-electron chi connectivity index (χ4n) is 2.28. The minimum absolute atomic E-state index is 0.101. The van der Waals surface area contributed by atoms with Gasteiger partial charge in [-0.1, -0.05) is 0 Å². The van der Waals surface area contributed by atoms with E-state index in [-0.39, 0.29) is 10.6 Å². The van der Waals surface area contributed by atoms with Crippen LogP contribution in [0.5, 0.6) is 0 Å². The van der Waals surface area contributed by atoms with Crippen molar-refractivity contribution in [2.75, 3.05) is 13.2 Å². The normalized spacial score (nSPS) is 31.1. The summed E-state index contributed by atoms with van der Waals surface area (Å²) in [6.07, 6.45) is -6.73. The van der Waals surface area contributed by atoms with E-state index >= 15 is 0 Å². The van der Waals surface area contributed by atoms with Crippen LogP contribution in [0.4, 0.5) is 0 Å². The Hall–Kier alpha value is 0.149. The molecule has 0 aliphatic carbocycles. The SMILES string of the molecule is O=S(=O)(O)O[C@H](CO)[C@H](O)C[Se]1C[C@H](O)[C@H](O)[C@H]1[C@H](O)CO. The van der Waals surface area contributed by atoms with Gasteiger partial charge in [-0.25, -0.2) is 0 Å². The maximum absolute atomic E-state index is 10.6. The van der Waals surface area contributed by atoms with E-state index in [9.17, 15) is 28.8 Å². The number of hydrogen-bond acceptors (Lipinski definition) is 9. The Labute approximate surface area is 131 Å². The summed E-state index contributed by atoms with van der Waals surface area (Å²) in [4.78, 5) is -0.806. The molecule has 0 unspecified atom stereocenters. The van der Waals surface area contributed by atoms with Crippen LogP contribution in [0.1, 0.15) is 0 Å². The van der Waals surface area contributed by atoms with Crippen LogP contribution in [0.2, 0.25) is 15.5 Å². The zero-order valence-corrected chi connectivity index (χ0v) is 14.0. The van der Waals surface area contributed by atoms with Gasteiger partial charge in [-0.15, -0.1) is 0 Å². The molecule has 10 nitrogen and oxygen atoms in total. The first kappa shape index (κ1) is 20.2. The van der Waals surface area contributed by atoms with Crippen molar-refractivity contribution in [2.45, 2.75) is 46.0 Å². The van der Waals surface area contributed by atoms with E-state index in [0.29, 0.717) is 0 Å². The summed E-state index contributed by atoms with van der Waals surface area (Å²) in [5.41, 5.74) is 0. The van der Waals surface area contributed by atoms with Gasteiger partial charge >= 0.3 is 131 Å². The van der Waals surface area contributed by atoms with Gasteiger partial charge in [0.2, 0.25) is 0 Å². The molecule has 0 bridgehead atoms. The zero-order valence-electron chi connectivity index (χ0n) is 11.5. The van der Waals surface area contributed by atoms with Crippen molar-refractivity contribution in [3.8, 4) is 0 Å². The van der Waals surface area contributed by atoms with E-state index in [2.05, 4.69) is 4.18 Å². The first-order valence-corrected chi connectivity index (χ1v) is 11.1. The van der Waals surface area contributed by atoms with Crippen molar-refractivity contribution in [3.05, 3.63) is 0 Å². The average Bonchev–Trinajstić information content (AvgIpc) is 2.69. The average molecular weight is 412 g/mol. The van der Waals surface area contributed by atoms with E-state index in [1.54, 1.807) is 0 Å². The fourth-order valence-corrected chi connectivity index (χ4v) is 9.02. The van der Waals surface area contributed by atoms with Crippen molar-refractivity contribution in [3.63, 3.8) is 0 Å². The predicted octanol–water partition coefficient (Wildman–Crippen LogP) is -3.52. The molecule has 1 aliphatic heterocycles. The molecule has 22 heavy (non-hydrogen) atoms. The van der Waals surface area contributed by atoms with Crippen LogP contribution in [0.3, 0.4) is 0 Å². The molecule has 1 fully saturated rings. The molecule has 133 valence electrons. The molecular weight excluding hydrogens is 391 g/mol. The molecule has 0 aromatic heterocycles. The van der Waals surface area contributed by atoms with Gasteiger partial charge in [-0.2, -0.15) is 0 Å². The summed E-state index contributed by atoms with van der Waals surface area (Å²) in [5.74, 6) is 0. The number of hydrogen-bond donors (Lipinski definition) is 7. The Morgan fingerprint density at radius 1 is 1.18 bits per heavy atom. The number of aliphatic hydroxyl groups excluding tert-OH is 6. The van der Waals surface area contributed by atoms with Crippen LogP contribution in [0.25, 0.3) is 0 Å². The Kier molecular flexibility index (Phi) is 7.63. The van der Waals surface area contributed by atoms with Crippen LogP contribution >= 0.6 is 0 Å². The van der Waals surface area contributed by atoms with Gasteiger partial charge in [0.15, 0.2) is 0 Å². The summed E-state index contributed by atoms with van der Waals surface area (Å²) in [6.45, 7) is -1.51. The van der Waals surface area contributed by atoms with Gasteiger partial charge < -0.3 is 0 Å².